The highest BCUT2D eigenvalue weighted by molar-refractivity contribution is 6.28. The molecule has 0 bridgehead atoms. The van der Waals surface area contributed by atoms with Gasteiger partial charge in [0.2, 0.25) is 0 Å². The van der Waals surface area contributed by atoms with Gasteiger partial charge in [-0.1, -0.05) is 373 Å². The lowest BCUT2D eigenvalue weighted by Crippen LogP contribution is -2.14. The summed E-state index contributed by atoms with van der Waals surface area (Å²) in [6, 6.07) is 173. The van der Waals surface area contributed by atoms with Crippen LogP contribution >= 0.6 is 0 Å². The summed E-state index contributed by atoms with van der Waals surface area (Å²) < 4.78 is 12.7. The molecule has 0 unspecified atom stereocenters. The van der Waals surface area contributed by atoms with E-state index in [0.29, 0.717) is 0 Å². The van der Waals surface area contributed by atoms with Crippen molar-refractivity contribution < 1.29 is 8.83 Å². The van der Waals surface area contributed by atoms with E-state index in [1.165, 1.54) is 176 Å². The average Bonchev–Trinajstić information content (AvgIpc) is 1.45. The summed E-state index contributed by atoms with van der Waals surface area (Å²) in [4.78, 5) is 4.69. The first kappa shape index (κ1) is 79.7. The minimum atomic E-state index is -0.0666. The van der Waals surface area contributed by atoms with E-state index in [0.717, 1.165) is 89.1 Å². The highest BCUT2D eigenvalue weighted by atomic mass is 16.3. The van der Waals surface area contributed by atoms with Gasteiger partial charge in [-0.05, 0) is 309 Å². The molecule has 27 rings (SSSR count). The molecule has 136 heavy (non-hydrogen) atoms. The molecule has 0 aliphatic heterocycles. The molecule has 2 aromatic heterocycles. The maximum absolute atomic E-state index is 6.43. The largest absolute Gasteiger partial charge is 0.456 e. The lowest BCUT2D eigenvalue weighted by atomic mass is 9.81. The number of benzene rings is 23. The van der Waals surface area contributed by atoms with Crippen LogP contribution in [0.4, 0.5) is 34.1 Å². The first-order valence-electron chi connectivity index (χ1n) is 47.2. The molecule has 25 aromatic rings. The van der Waals surface area contributed by atoms with Crippen molar-refractivity contribution in [1.82, 2.24) is 0 Å². The van der Waals surface area contributed by atoms with Gasteiger partial charge in [-0.3, -0.25) is 0 Å². The Morgan fingerprint density at radius 1 is 0.147 bits per heavy atom. The van der Waals surface area contributed by atoms with Crippen LogP contribution in [0.2, 0.25) is 0 Å². The van der Waals surface area contributed by atoms with Crippen LogP contribution in [-0.2, 0) is 10.8 Å². The third-order valence-electron chi connectivity index (χ3n) is 29.4. The quantitative estimate of drug-likeness (QED) is 0.108. The van der Waals surface area contributed by atoms with Crippen LogP contribution < -0.4 is 9.80 Å². The Labute approximate surface area is 789 Å². The summed E-state index contributed by atoms with van der Waals surface area (Å²) in [5.74, 6) is 0. The van der Waals surface area contributed by atoms with Gasteiger partial charge in [0.15, 0.2) is 0 Å². The van der Waals surface area contributed by atoms with E-state index >= 15 is 0 Å². The van der Waals surface area contributed by atoms with E-state index in [4.69, 9.17) is 8.83 Å². The number of para-hydroxylation sites is 3. The van der Waals surface area contributed by atoms with E-state index in [1.54, 1.807) is 0 Å². The zero-order chi connectivity index (χ0) is 90.4. The maximum atomic E-state index is 6.43. The van der Waals surface area contributed by atoms with Crippen LogP contribution in [-0.4, -0.2) is 0 Å². The van der Waals surface area contributed by atoms with Gasteiger partial charge < -0.3 is 18.6 Å². The van der Waals surface area contributed by atoms with Crippen LogP contribution in [0.5, 0.6) is 0 Å². The summed E-state index contributed by atoms with van der Waals surface area (Å²) in [6.07, 6.45) is 0. The zero-order valence-corrected chi connectivity index (χ0v) is 75.7. The number of hydrogen-bond acceptors (Lipinski definition) is 4. The minimum absolute atomic E-state index is 0.0602. The molecule has 4 heteroatoms. The molecular formula is C132H90N2O2. The predicted molar refractivity (Wildman–Crippen MR) is 575 cm³/mol. The molecule has 0 N–H and O–H groups in total. The van der Waals surface area contributed by atoms with Gasteiger partial charge in [0.1, 0.15) is 22.3 Å². The Morgan fingerprint density at radius 3 is 0.838 bits per heavy atom. The van der Waals surface area contributed by atoms with Gasteiger partial charge in [0, 0.05) is 72.1 Å². The van der Waals surface area contributed by atoms with Crippen molar-refractivity contribution in [2.24, 2.45) is 0 Å². The van der Waals surface area contributed by atoms with Gasteiger partial charge in [-0.15, -0.1) is 0 Å². The Kier molecular flexibility index (Phi) is 18.7. The monoisotopic (exact) mass is 1730 g/mol. The number of furan rings is 2. The predicted octanol–water partition coefficient (Wildman–Crippen LogP) is 37.3. The molecule has 0 saturated heterocycles. The lowest BCUT2D eigenvalue weighted by molar-refractivity contribution is 0.661. The Morgan fingerprint density at radius 2 is 0.419 bits per heavy atom. The van der Waals surface area contributed by atoms with Gasteiger partial charge in [-0.25, -0.2) is 0 Å². The molecule has 0 amide bonds. The number of anilines is 6. The number of rotatable bonds is 13. The third-order valence-corrected chi connectivity index (χ3v) is 29.4. The standard InChI is InChI=1S/C69H47NO.C63H43NO/c1-69(2)65-21-10-8-17-58(65)64-42-62-56-16-7-6-15-55(56)61-41-50(33-40-57(61)63(62)43-66(64)69)48-25-23-45(24-26-48)47-29-36-52(37-30-47)70(51-34-27-46(28-35-51)44-13-4-3-5-14-44)53-38-31-49(32-39-53)54-19-12-20-60-59-18-9-11-22-67(59)71-68(54)60;1-63(2)59-18-10-8-16-52(59)57-38-55-50-15-7-6-14-49(50)54-36-45(28-34-51(54)56(55)39-60(57)63)44-26-31-47(32-27-44)64(48-33-35-62-58(37-48)53-17-9-11-19-61(53)65-62)46-29-24-43(25-30-46)42-22-20-41(21-23-42)40-12-4-3-5-13-40/h3-43H,1-2H3;3-39H,1-2H3. The summed E-state index contributed by atoms with van der Waals surface area (Å²) in [7, 11) is 0. The van der Waals surface area contributed by atoms with Crippen LogP contribution in [0.15, 0.2) is 482 Å². The van der Waals surface area contributed by atoms with Crippen molar-refractivity contribution in [2.45, 2.75) is 38.5 Å². The summed E-state index contributed by atoms with van der Waals surface area (Å²) in [5.41, 5.74) is 37.5. The maximum Gasteiger partial charge on any atom is 0.143 e. The molecular weight excluding hydrogens is 1650 g/mol. The molecule has 0 saturated carbocycles. The van der Waals surface area contributed by atoms with Crippen LogP contribution in [0, 0.1) is 0 Å². The molecule has 4 nitrogen and oxygen atoms in total. The van der Waals surface area contributed by atoms with Gasteiger partial charge >= 0.3 is 0 Å². The molecule has 2 aliphatic carbocycles. The minimum Gasteiger partial charge on any atom is -0.456 e. The zero-order valence-electron chi connectivity index (χ0n) is 75.7. The van der Waals surface area contributed by atoms with Crippen molar-refractivity contribution in [1.29, 1.82) is 0 Å². The third kappa shape index (κ3) is 13.3. The lowest BCUT2D eigenvalue weighted by Gasteiger charge is -2.26. The average molecular weight is 1740 g/mol. The van der Waals surface area contributed by atoms with Gasteiger partial charge in [0.05, 0.1) is 0 Å². The van der Waals surface area contributed by atoms with E-state index < -0.39 is 0 Å². The molecule has 0 radical (unpaired) electrons. The van der Waals surface area contributed by atoms with Crippen molar-refractivity contribution in [3.05, 3.63) is 495 Å². The molecule has 0 fully saturated rings. The fourth-order valence-corrected chi connectivity index (χ4v) is 22.4. The fourth-order valence-electron chi connectivity index (χ4n) is 22.4. The number of hydrogen-bond donors (Lipinski definition) is 0. The van der Waals surface area contributed by atoms with Gasteiger partial charge in [0.25, 0.3) is 0 Å². The number of nitrogens with zero attached hydrogens (tertiary/aromatic N) is 2. The fraction of sp³-hybridized carbons (Fsp3) is 0.0455. The first-order valence-corrected chi connectivity index (χ1v) is 47.2. The van der Waals surface area contributed by atoms with Crippen LogP contribution in [0.3, 0.4) is 0 Å². The summed E-state index contributed by atoms with van der Waals surface area (Å²) in [5, 5.41) is 20.1. The summed E-state index contributed by atoms with van der Waals surface area (Å²) >= 11 is 0. The smallest absolute Gasteiger partial charge is 0.143 e. The summed E-state index contributed by atoms with van der Waals surface area (Å²) in [6.45, 7) is 9.48. The number of fused-ring (bicyclic) bond motifs is 24. The molecule has 640 valence electrons. The van der Waals surface area contributed by atoms with E-state index in [2.05, 4.69) is 486 Å². The second kappa shape index (κ2) is 31.8. The highest BCUT2D eigenvalue weighted by Gasteiger charge is 2.38. The van der Waals surface area contributed by atoms with Crippen molar-refractivity contribution in [2.75, 3.05) is 9.80 Å². The second-order valence-electron chi connectivity index (χ2n) is 37.7. The van der Waals surface area contributed by atoms with E-state index in [1.807, 2.05) is 24.3 Å². The highest BCUT2D eigenvalue weighted by Crippen LogP contribution is 2.55. The molecule has 2 aliphatic rings. The van der Waals surface area contributed by atoms with Crippen LogP contribution in [0.25, 0.3) is 209 Å². The topological polar surface area (TPSA) is 32.8 Å². The van der Waals surface area contributed by atoms with E-state index in [9.17, 15) is 0 Å². The van der Waals surface area contributed by atoms with E-state index in [-0.39, 0.29) is 10.8 Å². The molecule has 0 spiro atoms. The normalized spacial score (nSPS) is 12.8. The molecule has 0 atom stereocenters. The van der Waals surface area contributed by atoms with Gasteiger partial charge in [-0.2, -0.15) is 0 Å². The second-order valence-corrected chi connectivity index (χ2v) is 37.7. The van der Waals surface area contributed by atoms with Crippen molar-refractivity contribution in [3.8, 4) is 100 Å². The van der Waals surface area contributed by atoms with Crippen molar-refractivity contribution >= 4 is 143 Å². The molecule has 2 heterocycles. The van der Waals surface area contributed by atoms with Crippen LogP contribution in [0.1, 0.15) is 49.9 Å². The molecule has 23 aromatic carbocycles. The SMILES string of the molecule is CC1(C)c2ccccc2-c2cc3c4ccccc4c4cc(-c5ccc(-c6ccc(N(c7ccc(-c8ccccc8)cc7)c7ccc(-c8cccc9c8oc8ccccc89)cc7)cc6)cc5)ccc4c3cc21.CC1(C)c2ccccc2-c2cc3c4ccccc4c4cc(-c5ccc(N(c6ccc(-c7ccc(-c8ccccc8)cc7)cc6)c6ccc7oc8ccccc8c7c6)cc5)ccc4c3cc21. The Hall–Kier alpha value is -17.2. The Bertz CT molecular complexity index is 9080. The first-order chi connectivity index (χ1) is 66.9. The van der Waals surface area contributed by atoms with Crippen molar-refractivity contribution in [3.63, 3.8) is 0 Å². The Balaban J connectivity index is 0.000000142.